The maximum atomic E-state index is 5.50. The minimum absolute atomic E-state index is 0.149. The molecule has 1 N–H and O–H groups in total. The third-order valence-electron chi connectivity index (χ3n) is 2.66. The Morgan fingerprint density at radius 2 is 2.67 bits per heavy atom. The highest BCUT2D eigenvalue weighted by molar-refractivity contribution is 7.03. The predicted octanol–water partition coefficient (Wildman–Crippen LogP) is 0.433. The number of nitrogens with zero attached hydrogens (tertiary/aromatic N) is 2. The minimum atomic E-state index is -0.149. The second kappa shape index (κ2) is 4.98. The van der Waals surface area contributed by atoms with Crippen LogP contribution in [-0.4, -0.2) is 42.1 Å². The molecule has 2 rings (SSSR count). The van der Waals surface area contributed by atoms with Gasteiger partial charge >= 0.3 is 0 Å². The van der Waals surface area contributed by atoms with Crippen molar-refractivity contribution in [1.29, 1.82) is 0 Å². The summed E-state index contributed by atoms with van der Waals surface area (Å²) in [6.45, 7) is 2.99. The van der Waals surface area contributed by atoms with E-state index in [4.69, 9.17) is 9.47 Å². The first kappa shape index (κ1) is 10.9. The van der Waals surface area contributed by atoms with E-state index in [2.05, 4.69) is 14.9 Å². The van der Waals surface area contributed by atoms with Crippen molar-refractivity contribution in [3.8, 4) is 0 Å². The van der Waals surface area contributed by atoms with Gasteiger partial charge in [0.2, 0.25) is 0 Å². The molecule has 84 valence electrons. The average Bonchev–Trinajstić information content (AvgIpc) is 2.89. The molecule has 1 aromatic heterocycles. The minimum Gasteiger partial charge on any atom is -0.378 e. The molecule has 0 bridgehead atoms. The maximum absolute atomic E-state index is 5.50. The quantitative estimate of drug-likeness (QED) is 0.793. The second-order valence-corrected chi connectivity index (χ2v) is 4.30. The Bertz CT molecular complexity index is 286. The summed E-state index contributed by atoms with van der Waals surface area (Å²) in [5.41, 5.74) is 0.828. The lowest BCUT2D eigenvalue weighted by Crippen LogP contribution is -2.42. The van der Waals surface area contributed by atoms with Crippen LogP contribution in [-0.2, 0) is 16.0 Å². The molecule has 1 atom stereocenters. The fraction of sp³-hybridized carbons (Fsp3) is 0.778. The standard InChI is InChI=1S/C9H15N3O2S/c1-13-9(2-3-14-7-9)6-10-4-8-5-15-12-11-8/h5,10H,2-4,6-7H2,1H3. The predicted molar refractivity (Wildman–Crippen MR) is 56.8 cm³/mol. The van der Waals surface area contributed by atoms with Crippen molar-refractivity contribution in [2.45, 2.75) is 18.6 Å². The highest BCUT2D eigenvalue weighted by Crippen LogP contribution is 2.21. The molecule has 1 aliphatic heterocycles. The SMILES string of the molecule is COC1(CNCc2csnn2)CCOC1. The highest BCUT2D eigenvalue weighted by Gasteiger charge is 2.34. The van der Waals surface area contributed by atoms with Gasteiger partial charge in [-0.25, -0.2) is 0 Å². The van der Waals surface area contributed by atoms with Crippen LogP contribution < -0.4 is 5.32 Å². The number of hydrogen-bond acceptors (Lipinski definition) is 6. The lowest BCUT2D eigenvalue weighted by Gasteiger charge is -2.25. The molecule has 1 aliphatic rings. The van der Waals surface area contributed by atoms with Crippen LogP contribution in [0.15, 0.2) is 5.38 Å². The van der Waals surface area contributed by atoms with E-state index in [1.165, 1.54) is 11.5 Å². The smallest absolute Gasteiger partial charge is 0.106 e. The van der Waals surface area contributed by atoms with E-state index in [0.29, 0.717) is 6.61 Å². The first-order valence-corrected chi connectivity index (χ1v) is 5.78. The van der Waals surface area contributed by atoms with Crippen LogP contribution in [0, 0.1) is 0 Å². The van der Waals surface area contributed by atoms with Crippen molar-refractivity contribution in [2.24, 2.45) is 0 Å². The van der Waals surface area contributed by atoms with Crippen LogP contribution in [0.2, 0.25) is 0 Å². The summed E-state index contributed by atoms with van der Waals surface area (Å²) >= 11 is 1.37. The van der Waals surface area contributed by atoms with Crippen molar-refractivity contribution in [3.63, 3.8) is 0 Å². The van der Waals surface area contributed by atoms with E-state index < -0.39 is 0 Å². The lowest BCUT2D eigenvalue weighted by atomic mass is 10.0. The molecule has 1 aromatic rings. The molecule has 2 heterocycles. The van der Waals surface area contributed by atoms with Gasteiger partial charge in [0.1, 0.15) is 5.60 Å². The molecule has 0 radical (unpaired) electrons. The van der Waals surface area contributed by atoms with Gasteiger partial charge in [0.25, 0.3) is 0 Å². The normalized spacial score (nSPS) is 25.9. The van der Waals surface area contributed by atoms with Gasteiger partial charge in [0.15, 0.2) is 0 Å². The Kier molecular flexibility index (Phi) is 3.63. The molecule has 0 aliphatic carbocycles. The van der Waals surface area contributed by atoms with Crippen LogP contribution in [0.4, 0.5) is 0 Å². The zero-order chi connectivity index (χ0) is 10.6. The molecule has 1 saturated heterocycles. The van der Waals surface area contributed by atoms with Crippen LogP contribution in [0.1, 0.15) is 12.1 Å². The van der Waals surface area contributed by atoms with Gasteiger partial charge in [0, 0.05) is 38.6 Å². The van der Waals surface area contributed by atoms with Crippen LogP contribution in [0.5, 0.6) is 0 Å². The molecule has 0 spiro atoms. The molecule has 0 aromatic carbocycles. The summed E-state index contributed by atoms with van der Waals surface area (Å²) in [6, 6.07) is 0. The van der Waals surface area contributed by atoms with Crippen LogP contribution >= 0.6 is 11.5 Å². The molecule has 15 heavy (non-hydrogen) atoms. The zero-order valence-electron chi connectivity index (χ0n) is 8.73. The Balaban J connectivity index is 1.77. The molecule has 0 saturated carbocycles. The van der Waals surface area contributed by atoms with Gasteiger partial charge < -0.3 is 14.8 Å². The number of hydrogen-bond donors (Lipinski definition) is 1. The average molecular weight is 229 g/mol. The number of ether oxygens (including phenoxy) is 2. The summed E-state index contributed by atoms with van der Waals surface area (Å²) in [7, 11) is 1.74. The van der Waals surface area contributed by atoms with E-state index in [1.54, 1.807) is 7.11 Å². The number of aromatic nitrogens is 2. The van der Waals surface area contributed by atoms with E-state index in [9.17, 15) is 0 Å². The van der Waals surface area contributed by atoms with Crippen molar-refractivity contribution in [3.05, 3.63) is 11.1 Å². The molecular formula is C9H15N3O2S. The van der Waals surface area contributed by atoms with Gasteiger partial charge in [-0.2, -0.15) is 0 Å². The van der Waals surface area contributed by atoms with Crippen molar-refractivity contribution >= 4 is 11.5 Å². The molecule has 5 nitrogen and oxygen atoms in total. The maximum Gasteiger partial charge on any atom is 0.106 e. The molecular weight excluding hydrogens is 214 g/mol. The summed E-state index contributed by atoms with van der Waals surface area (Å²) in [4.78, 5) is 0. The molecule has 0 amide bonds. The van der Waals surface area contributed by atoms with Gasteiger partial charge in [0.05, 0.1) is 12.3 Å². The monoisotopic (exact) mass is 229 g/mol. The van der Waals surface area contributed by atoms with Crippen LogP contribution in [0.3, 0.4) is 0 Å². The summed E-state index contributed by atoms with van der Waals surface area (Å²) in [6.07, 6.45) is 0.950. The van der Waals surface area contributed by atoms with Gasteiger partial charge in [-0.1, -0.05) is 4.49 Å². The first-order valence-electron chi connectivity index (χ1n) is 4.94. The Morgan fingerprint density at radius 3 is 3.27 bits per heavy atom. The number of methoxy groups -OCH3 is 1. The highest BCUT2D eigenvalue weighted by atomic mass is 32.1. The number of nitrogens with one attached hydrogen (secondary N) is 1. The summed E-state index contributed by atoms with van der Waals surface area (Å²) < 4.78 is 14.7. The van der Waals surface area contributed by atoms with Crippen molar-refractivity contribution in [1.82, 2.24) is 14.9 Å². The van der Waals surface area contributed by atoms with Crippen LogP contribution in [0.25, 0.3) is 0 Å². The second-order valence-electron chi connectivity index (χ2n) is 3.69. The lowest BCUT2D eigenvalue weighted by molar-refractivity contribution is -0.0159. The van der Waals surface area contributed by atoms with E-state index >= 15 is 0 Å². The molecule has 6 heteroatoms. The van der Waals surface area contributed by atoms with E-state index in [1.807, 2.05) is 5.38 Å². The van der Waals surface area contributed by atoms with Gasteiger partial charge in [-0.05, 0) is 11.5 Å². The first-order chi connectivity index (χ1) is 7.35. The topological polar surface area (TPSA) is 56.3 Å². The van der Waals surface area contributed by atoms with Gasteiger partial charge in [-0.3, -0.25) is 0 Å². The summed E-state index contributed by atoms with van der Waals surface area (Å²) in [5, 5.41) is 9.23. The fourth-order valence-corrected chi connectivity index (χ4v) is 2.09. The summed E-state index contributed by atoms with van der Waals surface area (Å²) in [5.74, 6) is 0. The Labute approximate surface area is 92.9 Å². The largest absolute Gasteiger partial charge is 0.378 e. The third-order valence-corrected chi connectivity index (χ3v) is 3.21. The van der Waals surface area contributed by atoms with Crippen molar-refractivity contribution in [2.75, 3.05) is 26.9 Å². The molecule has 1 fully saturated rings. The molecule has 1 unspecified atom stereocenters. The van der Waals surface area contributed by atoms with E-state index in [0.717, 1.165) is 31.8 Å². The van der Waals surface area contributed by atoms with Gasteiger partial charge in [-0.15, -0.1) is 5.10 Å². The number of rotatable bonds is 5. The Hall–Kier alpha value is -0.560. The fourth-order valence-electron chi connectivity index (χ4n) is 1.64. The van der Waals surface area contributed by atoms with E-state index in [-0.39, 0.29) is 5.60 Å². The Morgan fingerprint density at radius 1 is 1.73 bits per heavy atom. The zero-order valence-corrected chi connectivity index (χ0v) is 9.55. The third kappa shape index (κ3) is 2.72. The van der Waals surface area contributed by atoms with Crippen molar-refractivity contribution < 1.29 is 9.47 Å².